The van der Waals surface area contributed by atoms with Crippen molar-refractivity contribution in [2.45, 2.75) is 37.1 Å². The molecule has 0 bridgehead atoms. The zero-order valence-electron chi connectivity index (χ0n) is 12.3. The minimum absolute atomic E-state index is 0.238. The average Bonchev–Trinajstić information content (AvgIpc) is 2.96. The van der Waals surface area contributed by atoms with Crippen molar-refractivity contribution in [3.63, 3.8) is 0 Å². The van der Waals surface area contributed by atoms with Crippen molar-refractivity contribution in [1.29, 1.82) is 0 Å². The number of aromatic nitrogens is 1. The number of aliphatic hydroxyl groups excluding tert-OH is 2. The van der Waals surface area contributed by atoms with Crippen LogP contribution in [0.2, 0.25) is 0 Å². The molecule has 1 aromatic heterocycles. The first-order valence-corrected chi connectivity index (χ1v) is 8.58. The van der Waals surface area contributed by atoms with E-state index in [0.717, 1.165) is 36.6 Å². The van der Waals surface area contributed by atoms with Crippen molar-refractivity contribution in [3.8, 4) is 0 Å². The molecule has 1 spiro atoms. The predicted octanol–water partition coefficient (Wildman–Crippen LogP) is 1.78. The molecule has 0 unspecified atom stereocenters. The summed E-state index contributed by atoms with van der Waals surface area (Å²) in [7, 11) is 0. The summed E-state index contributed by atoms with van der Waals surface area (Å²) in [6, 6.07) is 8.20. The zero-order chi connectivity index (χ0) is 15.2. The number of para-hydroxylation sites is 1. The van der Waals surface area contributed by atoms with Gasteiger partial charge in [-0.3, -0.25) is 0 Å². The third kappa shape index (κ3) is 2.50. The van der Waals surface area contributed by atoms with Crippen LogP contribution in [0.25, 0.3) is 10.2 Å². The molecule has 0 saturated carbocycles. The Kier molecular flexibility index (Phi) is 3.57. The number of aliphatic hydroxyl groups is 2. The first-order valence-electron chi connectivity index (χ1n) is 7.76. The predicted molar refractivity (Wildman–Crippen MR) is 86.4 cm³/mol. The highest BCUT2D eigenvalue weighted by Crippen LogP contribution is 2.38. The van der Waals surface area contributed by atoms with Crippen LogP contribution in [-0.4, -0.2) is 52.7 Å². The number of rotatable bonds is 1. The molecule has 2 aromatic rings. The lowest BCUT2D eigenvalue weighted by Gasteiger charge is -2.46. The van der Waals surface area contributed by atoms with Gasteiger partial charge in [0.15, 0.2) is 5.13 Å². The van der Waals surface area contributed by atoms with E-state index in [-0.39, 0.29) is 12.2 Å². The highest BCUT2D eigenvalue weighted by atomic mass is 32.1. The van der Waals surface area contributed by atoms with Crippen LogP contribution in [0.1, 0.15) is 19.3 Å². The van der Waals surface area contributed by atoms with Gasteiger partial charge in [-0.15, -0.1) is 0 Å². The van der Waals surface area contributed by atoms with Crippen LogP contribution in [0.4, 0.5) is 5.13 Å². The van der Waals surface area contributed by atoms with Crippen molar-refractivity contribution in [1.82, 2.24) is 4.98 Å². The van der Waals surface area contributed by atoms with Crippen molar-refractivity contribution in [2.24, 2.45) is 0 Å². The van der Waals surface area contributed by atoms with E-state index in [1.54, 1.807) is 11.3 Å². The number of benzene rings is 1. The molecular formula is C16H20N2O3S. The van der Waals surface area contributed by atoms with Crippen molar-refractivity contribution < 1.29 is 14.9 Å². The lowest BCUT2D eigenvalue weighted by molar-refractivity contribution is -0.178. The van der Waals surface area contributed by atoms with Gasteiger partial charge in [0.05, 0.1) is 28.5 Å². The van der Waals surface area contributed by atoms with Gasteiger partial charge in [-0.25, -0.2) is 4.98 Å². The summed E-state index contributed by atoms with van der Waals surface area (Å²) in [6.45, 7) is 1.99. The first-order chi connectivity index (χ1) is 10.7. The molecule has 0 amide bonds. The average molecular weight is 320 g/mol. The molecule has 3 heterocycles. The zero-order valence-corrected chi connectivity index (χ0v) is 13.1. The number of nitrogens with zero attached hydrogens (tertiary/aromatic N) is 2. The molecular weight excluding hydrogens is 300 g/mol. The molecule has 6 heteroatoms. The second-order valence-corrected chi connectivity index (χ2v) is 7.29. The van der Waals surface area contributed by atoms with E-state index >= 15 is 0 Å². The van der Waals surface area contributed by atoms with E-state index in [1.807, 2.05) is 18.2 Å². The van der Waals surface area contributed by atoms with Gasteiger partial charge in [0.2, 0.25) is 0 Å². The summed E-state index contributed by atoms with van der Waals surface area (Å²) in [4.78, 5) is 7.01. The molecule has 2 atom stereocenters. The molecule has 0 radical (unpaired) electrons. The highest BCUT2D eigenvalue weighted by molar-refractivity contribution is 7.22. The number of piperidine rings is 1. The van der Waals surface area contributed by atoms with Crippen LogP contribution < -0.4 is 4.90 Å². The van der Waals surface area contributed by atoms with Crippen molar-refractivity contribution in [2.75, 3.05) is 24.6 Å². The Labute approximate surface area is 133 Å². The monoisotopic (exact) mass is 320 g/mol. The first kappa shape index (κ1) is 14.4. The number of hydrogen-bond acceptors (Lipinski definition) is 6. The van der Waals surface area contributed by atoms with Gasteiger partial charge in [0, 0.05) is 19.5 Å². The molecule has 0 aliphatic carbocycles. The number of anilines is 1. The van der Waals surface area contributed by atoms with Gasteiger partial charge < -0.3 is 19.8 Å². The Morgan fingerprint density at radius 1 is 1.18 bits per heavy atom. The fourth-order valence-electron chi connectivity index (χ4n) is 3.40. The van der Waals surface area contributed by atoms with Gasteiger partial charge in [-0.1, -0.05) is 23.5 Å². The lowest BCUT2D eigenvalue weighted by atomic mass is 9.83. The molecule has 2 aliphatic rings. The third-order valence-electron chi connectivity index (χ3n) is 4.81. The topological polar surface area (TPSA) is 65.8 Å². The largest absolute Gasteiger partial charge is 0.390 e. The Morgan fingerprint density at radius 2 is 1.95 bits per heavy atom. The van der Waals surface area contributed by atoms with Gasteiger partial charge in [0.1, 0.15) is 6.10 Å². The SMILES string of the molecule is O[C@@H]1CC2(CCN(c3nc4ccccc4s3)CC2)OC[C@@H]1O. The van der Waals surface area contributed by atoms with Crippen LogP contribution in [0.3, 0.4) is 0 Å². The molecule has 2 N–H and O–H groups in total. The fourth-order valence-corrected chi connectivity index (χ4v) is 4.42. The maximum Gasteiger partial charge on any atom is 0.186 e. The van der Waals surface area contributed by atoms with Gasteiger partial charge in [-0.2, -0.15) is 0 Å². The molecule has 2 saturated heterocycles. The van der Waals surface area contributed by atoms with E-state index in [1.165, 1.54) is 4.70 Å². The second kappa shape index (κ2) is 5.45. The van der Waals surface area contributed by atoms with E-state index in [9.17, 15) is 10.2 Å². The molecule has 1 aromatic carbocycles. The van der Waals surface area contributed by atoms with Crippen LogP contribution >= 0.6 is 11.3 Å². The third-order valence-corrected chi connectivity index (χ3v) is 5.91. The normalized spacial score (nSPS) is 28.4. The molecule has 22 heavy (non-hydrogen) atoms. The van der Waals surface area contributed by atoms with Gasteiger partial charge in [-0.05, 0) is 25.0 Å². The summed E-state index contributed by atoms with van der Waals surface area (Å²) in [5.74, 6) is 0. The minimum Gasteiger partial charge on any atom is -0.390 e. The maximum absolute atomic E-state index is 9.92. The lowest BCUT2D eigenvalue weighted by Crippen LogP contribution is -2.54. The summed E-state index contributed by atoms with van der Waals surface area (Å²) >= 11 is 1.72. The highest BCUT2D eigenvalue weighted by Gasteiger charge is 2.43. The van der Waals surface area contributed by atoms with E-state index in [4.69, 9.17) is 9.72 Å². The Bertz CT molecular complexity index is 633. The quantitative estimate of drug-likeness (QED) is 0.838. The van der Waals surface area contributed by atoms with E-state index < -0.39 is 12.2 Å². The number of hydrogen-bond donors (Lipinski definition) is 2. The minimum atomic E-state index is -0.743. The Balaban J connectivity index is 1.47. The summed E-state index contributed by atoms with van der Waals surface area (Å²) in [6.07, 6.45) is 0.858. The molecule has 2 fully saturated rings. The van der Waals surface area contributed by atoms with E-state index in [2.05, 4.69) is 11.0 Å². The number of thiazole rings is 1. The summed E-state index contributed by atoms with van der Waals surface area (Å²) in [5, 5.41) is 20.6. The van der Waals surface area contributed by atoms with Crippen molar-refractivity contribution >= 4 is 26.7 Å². The smallest absolute Gasteiger partial charge is 0.186 e. The Morgan fingerprint density at radius 3 is 2.68 bits per heavy atom. The molecule has 4 rings (SSSR count). The second-order valence-electron chi connectivity index (χ2n) is 6.28. The molecule has 118 valence electrons. The standard InChI is InChI=1S/C16H20N2O3S/c19-12-9-16(21-10-13(12)20)5-7-18(8-6-16)15-17-11-3-1-2-4-14(11)22-15/h1-4,12-13,19-20H,5-10H2/t12-,13+/m1/s1. The summed E-state index contributed by atoms with van der Waals surface area (Å²) in [5.41, 5.74) is 0.779. The summed E-state index contributed by atoms with van der Waals surface area (Å²) < 4.78 is 7.09. The number of ether oxygens (including phenoxy) is 1. The van der Waals surface area contributed by atoms with Gasteiger partial charge >= 0.3 is 0 Å². The van der Waals surface area contributed by atoms with E-state index in [0.29, 0.717) is 6.42 Å². The van der Waals surface area contributed by atoms with Crippen LogP contribution in [0, 0.1) is 0 Å². The number of fused-ring (bicyclic) bond motifs is 1. The van der Waals surface area contributed by atoms with Crippen molar-refractivity contribution in [3.05, 3.63) is 24.3 Å². The maximum atomic E-state index is 9.92. The molecule has 5 nitrogen and oxygen atoms in total. The van der Waals surface area contributed by atoms with Crippen LogP contribution in [-0.2, 0) is 4.74 Å². The Hall–Kier alpha value is -1.21. The van der Waals surface area contributed by atoms with Crippen LogP contribution in [0.5, 0.6) is 0 Å². The van der Waals surface area contributed by atoms with Gasteiger partial charge in [0.25, 0.3) is 0 Å². The fraction of sp³-hybridized carbons (Fsp3) is 0.562. The molecule has 2 aliphatic heterocycles. The van der Waals surface area contributed by atoms with Crippen LogP contribution in [0.15, 0.2) is 24.3 Å².